The van der Waals surface area contributed by atoms with Crippen LogP contribution in [0.4, 0.5) is 0 Å². The molecular weight excluding hydrogens is 474 g/mol. The molecule has 7 heteroatoms. The molecule has 0 saturated carbocycles. The first-order chi connectivity index (χ1) is 17.5. The molecule has 4 aromatic carbocycles. The molecule has 0 unspecified atom stereocenters. The van der Waals surface area contributed by atoms with Crippen LogP contribution < -0.4 is 0 Å². The van der Waals surface area contributed by atoms with Crippen molar-refractivity contribution in [2.45, 2.75) is 51.9 Å². The van der Waals surface area contributed by atoms with E-state index in [2.05, 4.69) is 6.92 Å². The second kappa shape index (κ2) is 8.40. The van der Waals surface area contributed by atoms with Crippen LogP contribution in [0.25, 0.3) is 21.5 Å². The number of phenolic OH excluding ortho intramolecular Hbond substituents is 3. The zero-order chi connectivity index (χ0) is 26.8. The SMILES string of the molecule is CCCCCc1cc2ccc3c(O)c4c(cc3c2c(O)c1C(=O)O)C([13CH3])([13CH3])c1cc(O)cc(O)c1C4=O. The Bertz CT molecular complexity index is 1650. The summed E-state index contributed by atoms with van der Waals surface area (Å²) in [6, 6.07) is 9.31. The van der Waals surface area contributed by atoms with Gasteiger partial charge in [0.15, 0.2) is 0 Å². The summed E-state index contributed by atoms with van der Waals surface area (Å²) in [6.45, 7) is 5.67. The topological polar surface area (TPSA) is 135 Å². The largest absolute Gasteiger partial charge is 0.508 e. The maximum Gasteiger partial charge on any atom is 0.339 e. The summed E-state index contributed by atoms with van der Waals surface area (Å²) in [5.74, 6) is -3.08. The molecule has 0 amide bonds. The van der Waals surface area contributed by atoms with E-state index in [0.717, 1.165) is 25.3 Å². The van der Waals surface area contributed by atoms with Crippen LogP contribution in [-0.2, 0) is 11.8 Å². The van der Waals surface area contributed by atoms with Crippen molar-refractivity contribution in [3.05, 3.63) is 69.8 Å². The van der Waals surface area contributed by atoms with Crippen molar-refractivity contribution in [2.24, 2.45) is 0 Å². The Kier molecular flexibility index (Phi) is 5.55. The normalized spacial score (nSPS) is 14.1. The third-order valence-corrected chi connectivity index (χ3v) is 7.62. The highest BCUT2D eigenvalue weighted by Gasteiger charge is 2.41. The summed E-state index contributed by atoms with van der Waals surface area (Å²) in [5, 5.41) is 54.8. The van der Waals surface area contributed by atoms with E-state index in [9.17, 15) is 35.1 Å². The van der Waals surface area contributed by atoms with Gasteiger partial charge in [0.05, 0.1) is 11.1 Å². The molecule has 0 aliphatic heterocycles. The molecule has 4 aromatic rings. The van der Waals surface area contributed by atoms with Gasteiger partial charge in [0, 0.05) is 22.3 Å². The number of hydrogen-bond acceptors (Lipinski definition) is 6. The summed E-state index contributed by atoms with van der Waals surface area (Å²) in [7, 11) is 0. The van der Waals surface area contributed by atoms with Crippen molar-refractivity contribution in [3.8, 4) is 23.0 Å². The number of carboxylic acid groups (broad SMARTS) is 1. The molecule has 0 radical (unpaired) electrons. The molecule has 0 atom stereocenters. The first-order valence-corrected chi connectivity index (χ1v) is 12.3. The molecule has 7 nitrogen and oxygen atoms in total. The molecule has 0 heterocycles. The van der Waals surface area contributed by atoms with E-state index in [-0.39, 0.29) is 50.5 Å². The quantitative estimate of drug-likeness (QED) is 0.126. The number of carboxylic acids is 1. The highest BCUT2D eigenvalue weighted by Crippen LogP contribution is 2.51. The van der Waals surface area contributed by atoms with Crippen LogP contribution in [0.5, 0.6) is 23.0 Å². The molecule has 5 N–H and O–H groups in total. The minimum Gasteiger partial charge on any atom is -0.508 e. The third-order valence-electron chi connectivity index (χ3n) is 7.62. The molecule has 0 fully saturated rings. The van der Waals surface area contributed by atoms with Crippen molar-refractivity contribution in [2.75, 3.05) is 0 Å². The molecule has 5 rings (SSSR count). The highest BCUT2D eigenvalue weighted by atomic mass is 16.4. The number of carbonyl (C=O) groups is 2. The Hall–Kier alpha value is -4.26. The van der Waals surface area contributed by atoms with E-state index >= 15 is 0 Å². The van der Waals surface area contributed by atoms with Crippen LogP contribution >= 0.6 is 0 Å². The summed E-state index contributed by atoms with van der Waals surface area (Å²) >= 11 is 0. The van der Waals surface area contributed by atoms with Crippen LogP contribution in [0.1, 0.15) is 83.0 Å². The van der Waals surface area contributed by atoms with Gasteiger partial charge in [-0.05, 0) is 64.6 Å². The lowest BCUT2D eigenvalue weighted by atomic mass is 9.73. The van der Waals surface area contributed by atoms with Crippen molar-refractivity contribution in [1.29, 1.82) is 0 Å². The van der Waals surface area contributed by atoms with Gasteiger partial charge in [-0.2, -0.15) is 0 Å². The predicted molar refractivity (Wildman–Crippen MR) is 140 cm³/mol. The monoisotopic (exact) mass is 502 g/mol. The Balaban J connectivity index is 1.86. The van der Waals surface area contributed by atoms with E-state index in [1.807, 2.05) is 0 Å². The van der Waals surface area contributed by atoms with E-state index in [0.29, 0.717) is 33.9 Å². The fourth-order valence-corrected chi connectivity index (χ4v) is 5.73. The fourth-order valence-electron chi connectivity index (χ4n) is 5.73. The van der Waals surface area contributed by atoms with Crippen LogP contribution in [0, 0.1) is 0 Å². The van der Waals surface area contributed by atoms with Gasteiger partial charge in [-0.3, -0.25) is 4.79 Å². The number of fused-ring (bicyclic) bond motifs is 5. The van der Waals surface area contributed by atoms with Crippen molar-refractivity contribution in [1.82, 2.24) is 0 Å². The minimum atomic E-state index is -1.24. The number of unbranched alkanes of at least 4 members (excludes halogenated alkanes) is 2. The van der Waals surface area contributed by atoms with Gasteiger partial charge in [0.1, 0.15) is 28.6 Å². The Morgan fingerprint density at radius 3 is 2.24 bits per heavy atom. The second-order valence-electron chi connectivity index (χ2n) is 10.3. The summed E-state index contributed by atoms with van der Waals surface area (Å²) in [6.07, 6.45) is 3.21. The van der Waals surface area contributed by atoms with Gasteiger partial charge in [0.2, 0.25) is 5.78 Å². The maximum absolute atomic E-state index is 13.5. The van der Waals surface area contributed by atoms with Gasteiger partial charge in [-0.25, -0.2) is 4.79 Å². The molecule has 37 heavy (non-hydrogen) atoms. The van der Waals surface area contributed by atoms with Crippen molar-refractivity contribution < 1.29 is 35.1 Å². The lowest BCUT2D eigenvalue weighted by Crippen LogP contribution is -2.30. The Morgan fingerprint density at radius 2 is 1.57 bits per heavy atom. The molecule has 0 spiro atoms. The maximum atomic E-state index is 13.5. The number of hydrogen-bond donors (Lipinski definition) is 5. The van der Waals surface area contributed by atoms with Crippen molar-refractivity contribution in [3.63, 3.8) is 0 Å². The number of benzene rings is 4. The zero-order valence-electron chi connectivity index (χ0n) is 20.8. The third kappa shape index (κ3) is 3.49. The van der Waals surface area contributed by atoms with E-state index in [4.69, 9.17) is 0 Å². The van der Waals surface area contributed by atoms with Gasteiger partial charge in [0.25, 0.3) is 0 Å². The van der Waals surface area contributed by atoms with E-state index < -0.39 is 17.2 Å². The fraction of sp³-hybridized carbons (Fsp3) is 0.267. The molecule has 0 bridgehead atoms. The first-order valence-electron chi connectivity index (χ1n) is 12.3. The lowest BCUT2D eigenvalue weighted by Gasteiger charge is -2.35. The molecule has 190 valence electrons. The predicted octanol–water partition coefficient (Wildman–Crippen LogP) is 6.12. The van der Waals surface area contributed by atoms with E-state index in [1.165, 1.54) is 6.07 Å². The van der Waals surface area contributed by atoms with Gasteiger partial charge in [-0.1, -0.05) is 39.7 Å². The van der Waals surface area contributed by atoms with E-state index in [1.54, 1.807) is 38.1 Å². The molecular formula is C30H28O7. The number of rotatable bonds is 5. The number of ketones is 1. The average molecular weight is 503 g/mol. The van der Waals surface area contributed by atoms with Crippen molar-refractivity contribution >= 4 is 33.3 Å². The first kappa shape index (κ1) is 24.4. The molecule has 1 aliphatic carbocycles. The van der Waals surface area contributed by atoms with Crippen LogP contribution in [0.15, 0.2) is 36.4 Å². The molecule has 1 aliphatic rings. The van der Waals surface area contributed by atoms with Gasteiger partial charge >= 0.3 is 5.97 Å². The number of phenols is 4. The summed E-state index contributed by atoms with van der Waals surface area (Å²) in [4.78, 5) is 25.7. The van der Waals surface area contributed by atoms with Gasteiger partial charge in [-0.15, -0.1) is 0 Å². The number of aromatic carboxylic acids is 1. The number of carbonyl (C=O) groups excluding carboxylic acids is 1. The lowest BCUT2D eigenvalue weighted by molar-refractivity contribution is 0.0692. The Morgan fingerprint density at radius 1 is 0.865 bits per heavy atom. The second-order valence-corrected chi connectivity index (χ2v) is 10.3. The zero-order valence-corrected chi connectivity index (χ0v) is 20.8. The van der Waals surface area contributed by atoms with Gasteiger partial charge < -0.3 is 25.5 Å². The smallest absolute Gasteiger partial charge is 0.339 e. The highest BCUT2D eigenvalue weighted by molar-refractivity contribution is 6.22. The van der Waals surface area contributed by atoms with Crippen LogP contribution in [-0.4, -0.2) is 37.3 Å². The molecule has 0 aromatic heterocycles. The van der Waals surface area contributed by atoms with Crippen LogP contribution in [0.2, 0.25) is 0 Å². The average Bonchev–Trinajstić information content (AvgIpc) is 2.81. The standard InChI is InChI=1S/C30H28O7/c1-4-5-6-7-14-10-15-8-9-17-18(22(15)27(34)23(14)29(36)37)13-20-25(26(17)33)28(35)24-19(30(20,2)3)11-16(31)12-21(24)32/h8-13,31-34H,4-7H2,1-3H3,(H,36,37)/i2+1,3+1. The summed E-state index contributed by atoms with van der Waals surface area (Å²) in [5.41, 5.74) is 0.337. The van der Waals surface area contributed by atoms with Crippen LogP contribution in [0.3, 0.4) is 0 Å². The summed E-state index contributed by atoms with van der Waals surface area (Å²) < 4.78 is 0. The Labute approximate surface area is 213 Å². The number of aryl methyl sites for hydroxylation is 1. The minimum absolute atomic E-state index is 0.0125. The number of aromatic hydroxyl groups is 4. The molecule has 0 saturated heterocycles.